The molecule has 0 spiro atoms. The van der Waals surface area contributed by atoms with E-state index in [2.05, 4.69) is 56.9 Å². The van der Waals surface area contributed by atoms with Crippen LogP contribution in [0.15, 0.2) is 18.2 Å². The molecule has 0 saturated carbocycles. The molecule has 1 fully saturated rings. The van der Waals surface area contributed by atoms with Gasteiger partial charge in [0.15, 0.2) is 0 Å². The Labute approximate surface area is 117 Å². The SMILES string of the molecule is Cc1ccc(N2CCC(C)(C)C(CC#N)C2)c(C)c1. The summed E-state index contributed by atoms with van der Waals surface area (Å²) in [6.07, 6.45) is 1.82. The number of hydrogen-bond donors (Lipinski definition) is 0. The number of nitrogens with zero attached hydrogens (tertiary/aromatic N) is 2. The van der Waals surface area contributed by atoms with E-state index >= 15 is 0 Å². The van der Waals surface area contributed by atoms with Crippen LogP contribution in [0.4, 0.5) is 5.69 Å². The van der Waals surface area contributed by atoms with Gasteiger partial charge in [-0.05, 0) is 43.2 Å². The van der Waals surface area contributed by atoms with E-state index in [1.165, 1.54) is 16.8 Å². The number of piperidine rings is 1. The van der Waals surface area contributed by atoms with Crippen molar-refractivity contribution in [2.24, 2.45) is 11.3 Å². The Balaban J connectivity index is 2.21. The third-order valence-corrected chi connectivity index (χ3v) is 4.60. The van der Waals surface area contributed by atoms with Crippen LogP contribution in [0.25, 0.3) is 0 Å². The van der Waals surface area contributed by atoms with Crippen LogP contribution in [-0.2, 0) is 0 Å². The highest BCUT2D eigenvalue weighted by Gasteiger charge is 2.35. The van der Waals surface area contributed by atoms with Gasteiger partial charge in [-0.25, -0.2) is 0 Å². The van der Waals surface area contributed by atoms with Crippen molar-refractivity contribution in [3.05, 3.63) is 29.3 Å². The van der Waals surface area contributed by atoms with Crippen LogP contribution in [0, 0.1) is 36.5 Å². The number of anilines is 1. The molecule has 102 valence electrons. The molecule has 1 unspecified atom stereocenters. The zero-order chi connectivity index (χ0) is 14.0. The maximum Gasteiger partial charge on any atom is 0.0625 e. The van der Waals surface area contributed by atoms with E-state index in [-0.39, 0.29) is 5.41 Å². The summed E-state index contributed by atoms with van der Waals surface area (Å²) in [5.41, 5.74) is 4.27. The Hall–Kier alpha value is -1.49. The molecule has 1 heterocycles. The molecule has 19 heavy (non-hydrogen) atoms. The van der Waals surface area contributed by atoms with E-state index in [0.29, 0.717) is 12.3 Å². The number of benzene rings is 1. The minimum Gasteiger partial charge on any atom is -0.371 e. The summed E-state index contributed by atoms with van der Waals surface area (Å²) < 4.78 is 0. The van der Waals surface area contributed by atoms with Gasteiger partial charge in [0.2, 0.25) is 0 Å². The van der Waals surface area contributed by atoms with Gasteiger partial charge in [0.25, 0.3) is 0 Å². The van der Waals surface area contributed by atoms with Crippen molar-refractivity contribution in [2.75, 3.05) is 18.0 Å². The third-order valence-electron chi connectivity index (χ3n) is 4.60. The topological polar surface area (TPSA) is 27.0 Å². The lowest BCUT2D eigenvalue weighted by Gasteiger charge is -2.44. The Morgan fingerprint density at radius 3 is 2.74 bits per heavy atom. The van der Waals surface area contributed by atoms with Crippen LogP contribution < -0.4 is 4.90 Å². The van der Waals surface area contributed by atoms with Crippen LogP contribution in [0.2, 0.25) is 0 Å². The number of nitriles is 1. The smallest absolute Gasteiger partial charge is 0.0625 e. The molecule has 1 aromatic carbocycles. The lowest BCUT2D eigenvalue weighted by Crippen LogP contribution is -2.45. The van der Waals surface area contributed by atoms with Crippen LogP contribution in [0.1, 0.15) is 37.8 Å². The highest BCUT2D eigenvalue weighted by Crippen LogP contribution is 2.39. The molecular formula is C17H24N2. The van der Waals surface area contributed by atoms with Gasteiger partial charge in [0, 0.05) is 25.2 Å². The van der Waals surface area contributed by atoms with Crippen molar-refractivity contribution in [1.82, 2.24) is 0 Å². The monoisotopic (exact) mass is 256 g/mol. The fourth-order valence-corrected chi connectivity index (χ4v) is 3.06. The molecule has 2 nitrogen and oxygen atoms in total. The Morgan fingerprint density at radius 1 is 1.37 bits per heavy atom. The summed E-state index contributed by atoms with van der Waals surface area (Å²) in [5.74, 6) is 0.465. The standard InChI is InChI=1S/C17H24N2/c1-13-5-6-16(14(2)11-13)19-10-8-17(3,4)15(12-19)7-9-18/h5-6,11,15H,7-8,10,12H2,1-4H3. The van der Waals surface area contributed by atoms with Gasteiger partial charge >= 0.3 is 0 Å². The maximum absolute atomic E-state index is 9.03. The van der Waals surface area contributed by atoms with Crippen LogP contribution in [-0.4, -0.2) is 13.1 Å². The summed E-state index contributed by atoms with van der Waals surface area (Å²) in [6, 6.07) is 9.02. The third kappa shape index (κ3) is 2.92. The second kappa shape index (κ2) is 5.25. The van der Waals surface area contributed by atoms with E-state index in [1.54, 1.807) is 0 Å². The average Bonchev–Trinajstić information content (AvgIpc) is 2.33. The van der Waals surface area contributed by atoms with E-state index in [0.717, 1.165) is 19.5 Å². The predicted molar refractivity (Wildman–Crippen MR) is 80.2 cm³/mol. The van der Waals surface area contributed by atoms with Gasteiger partial charge < -0.3 is 4.90 Å². The highest BCUT2D eigenvalue weighted by atomic mass is 15.1. The minimum atomic E-state index is 0.283. The van der Waals surface area contributed by atoms with Crippen molar-refractivity contribution in [2.45, 2.75) is 40.5 Å². The minimum absolute atomic E-state index is 0.283. The molecule has 0 aromatic heterocycles. The summed E-state index contributed by atoms with van der Waals surface area (Å²) in [6.45, 7) is 11.0. The molecule has 0 amide bonds. The molecule has 1 atom stereocenters. The highest BCUT2D eigenvalue weighted by molar-refractivity contribution is 5.54. The lowest BCUT2D eigenvalue weighted by molar-refractivity contribution is 0.174. The summed E-state index contributed by atoms with van der Waals surface area (Å²) in [7, 11) is 0. The van der Waals surface area contributed by atoms with Crippen LogP contribution in [0.5, 0.6) is 0 Å². The van der Waals surface area contributed by atoms with Crippen LogP contribution in [0.3, 0.4) is 0 Å². The maximum atomic E-state index is 9.03. The second-order valence-electron chi connectivity index (χ2n) is 6.53. The van der Waals surface area contributed by atoms with Crippen molar-refractivity contribution in [3.63, 3.8) is 0 Å². The first-order valence-electron chi connectivity index (χ1n) is 7.13. The van der Waals surface area contributed by atoms with Crippen molar-refractivity contribution < 1.29 is 0 Å². The fourth-order valence-electron chi connectivity index (χ4n) is 3.06. The lowest BCUT2D eigenvalue weighted by atomic mass is 9.72. The fraction of sp³-hybridized carbons (Fsp3) is 0.588. The predicted octanol–water partition coefficient (Wildman–Crippen LogP) is 4.07. The second-order valence-corrected chi connectivity index (χ2v) is 6.53. The molecule has 1 saturated heterocycles. The van der Waals surface area contributed by atoms with E-state index in [1.807, 2.05) is 0 Å². The molecule has 0 aliphatic carbocycles. The quantitative estimate of drug-likeness (QED) is 0.797. The average molecular weight is 256 g/mol. The molecule has 0 N–H and O–H groups in total. The molecule has 1 aliphatic rings. The summed E-state index contributed by atoms with van der Waals surface area (Å²) in [4.78, 5) is 2.46. The Kier molecular flexibility index (Phi) is 3.85. The zero-order valence-corrected chi connectivity index (χ0v) is 12.5. The molecule has 2 rings (SSSR count). The number of rotatable bonds is 2. The van der Waals surface area contributed by atoms with Gasteiger partial charge in [0.1, 0.15) is 0 Å². The molecule has 0 radical (unpaired) electrons. The van der Waals surface area contributed by atoms with Gasteiger partial charge in [-0.2, -0.15) is 5.26 Å². The van der Waals surface area contributed by atoms with E-state index < -0.39 is 0 Å². The summed E-state index contributed by atoms with van der Waals surface area (Å²) in [5, 5.41) is 9.03. The molecule has 1 aliphatic heterocycles. The van der Waals surface area contributed by atoms with Crippen molar-refractivity contribution >= 4 is 5.69 Å². The molecule has 2 heteroatoms. The molecular weight excluding hydrogens is 232 g/mol. The number of hydrogen-bond acceptors (Lipinski definition) is 2. The first kappa shape index (κ1) is 13.9. The van der Waals surface area contributed by atoms with Gasteiger partial charge in [-0.1, -0.05) is 31.5 Å². The summed E-state index contributed by atoms with van der Waals surface area (Å²) >= 11 is 0. The largest absolute Gasteiger partial charge is 0.371 e. The zero-order valence-electron chi connectivity index (χ0n) is 12.5. The normalized spacial score (nSPS) is 22.1. The first-order chi connectivity index (χ1) is 8.94. The van der Waals surface area contributed by atoms with Crippen molar-refractivity contribution in [1.29, 1.82) is 5.26 Å². The van der Waals surface area contributed by atoms with Gasteiger partial charge in [0.05, 0.1) is 6.07 Å². The number of aryl methyl sites for hydroxylation is 2. The molecule has 0 bridgehead atoms. The van der Waals surface area contributed by atoms with Gasteiger partial charge in [-0.15, -0.1) is 0 Å². The van der Waals surface area contributed by atoms with E-state index in [4.69, 9.17) is 5.26 Å². The Morgan fingerprint density at radius 2 is 2.11 bits per heavy atom. The first-order valence-corrected chi connectivity index (χ1v) is 7.13. The molecule has 1 aromatic rings. The Bertz CT molecular complexity index is 496. The van der Waals surface area contributed by atoms with E-state index in [9.17, 15) is 0 Å². The van der Waals surface area contributed by atoms with Gasteiger partial charge in [-0.3, -0.25) is 0 Å². The van der Waals surface area contributed by atoms with Crippen LogP contribution >= 0.6 is 0 Å². The van der Waals surface area contributed by atoms with Crippen molar-refractivity contribution in [3.8, 4) is 6.07 Å².